The van der Waals surface area contributed by atoms with E-state index in [4.69, 9.17) is 5.11 Å². The molecule has 14 heavy (non-hydrogen) atoms. The summed E-state index contributed by atoms with van der Waals surface area (Å²) in [4.78, 5) is 4.37. The van der Waals surface area contributed by atoms with Crippen molar-refractivity contribution in [2.24, 2.45) is 0 Å². The summed E-state index contributed by atoms with van der Waals surface area (Å²) in [6.45, 7) is 2.24. The van der Waals surface area contributed by atoms with E-state index in [1.807, 2.05) is 14.0 Å². The fourth-order valence-corrected chi connectivity index (χ4v) is 3.06. The molecule has 5 heteroatoms. The number of hydrogen-bond acceptors (Lipinski definition) is 5. The molecule has 1 unspecified atom stereocenters. The van der Waals surface area contributed by atoms with Gasteiger partial charge in [-0.2, -0.15) is 0 Å². The van der Waals surface area contributed by atoms with Gasteiger partial charge in [-0.3, -0.25) is 0 Å². The Morgan fingerprint density at radius 2 is 2.50 bits per heavy atom. The average molecular weight is 232 g/mol. The van der Waals surface area contributed by atoms with Crippen LogP contribution in [-0.2, 0) is 0 Å². The van der Waals surface area contributed by atoms with E-state index in [-0.39, 0.29) is 6.61 Å². The molecule has 0 saturated heterocycles. The molecule has 0 aliphatic rings. The molecular formula is C9H16N2OS2. The topological polar surface area (TPSA) is 45.1 Å². The summed E-state index contributed by atoms with van der Waals surface area (Å²) in [5, 5.41) is 14.0. The van der Waals surface area contributed by atoms with Gasteiger partial charge in [0.25, 0.3) is 0 Å². The van der Waals surface area contributed by atoms with Crippen LogP contribution in [0.4, 0.5) is 0 Å². The first-order valence-corrected chi connectivity index (χ1v) is 6.46. The van der Waals surface area contributed by atoms with E-state index in [1.165, 1.54) is 0 Å². The van der Waals surface area contributed by atoms with Gasteiger partial charge in [-0.05, 0) is 20.4 Å². The van der Waals surface area contributed by atoms with Crippen LogP contribution < -0.4 is 5.32 Å². The molecule has 1 aromatic heterocycles. The summed E-state index contributed by atoms with van der Waals surface area (Å²) in [6.07, 6.45) is 0.799. The molecule has 1 heterocycles. The average Bonchev–Trinajstić information content (AvgIpc) is 2.59. The van der Waals surface area contributed by atoms with E-state index in [2.05, 4.69) is 15.7 Å². The lowest BCUT2D eigenvalue weighted by atomic mass is 10.2. The van der Waals surface area contributed by atoms with Crippen molar-refractivity contribution in [2.45, 2.75) is 23.7 Å². The zero-order valence-electron chi connectivity index (χ0n) is 8.49. The van der Waals surface area contributed by atoms with Gasteiger partial charge in [0.2, 0.25) is 0 Å². The molecule has 1 aromatic rings. The first kappa shape index (κ1) is 12.0. The number of hydrogen-bond donors (Lipinski definition) is 2. The molecule has 0 aliphatic heterocycles. The lowest BCUT2D eigenvalue weighted by Gasteiger charge is -2.12. The van der Waals surface area contributed by atoms with Crippen molar-refractivity contribution < 1.29 is 5.11 Å². The van der Waals surface area contributed by atoms with Gasteiger partial charge in [0.05, 0.1) is 0 Å². The Morgan fingerprint density at radius 1 is 1.71 bits per heavy atom. The molecule has 0 aromatic carbocycles. The highest BCUT2D eigenvalue weighted by atomic mass is 32.2. The van der Waals surface area contributed by atoms with Gasteiger partial charge in [0, 0.05) is 29.5 Å². The minimum absolute atomic E-state index is 0.239. The normalized spacial score (nSPS) is 13.1. The minimum Gasteiger partial charge on any atom is -0.396 e. The molecule has 0 saturated carbocycles. The molecule has 0 fully saturated rings. The number of aliphatic hydroxyl groups is 1. The van der Waals surface area contributed by atoms with Gasteiger partial charge < -0.3 is 10.4 Å². The van der Waals surface area contributed by atoms with Crippen LogP contribution in [-0.4, -0.2) is 35.5 Å². The van der Waals surface area contributed by atoms with Gasteiger partial charge >= 0.3 is 0 Å². The third-order valence-electron chi connectivity index (χ3n) is 1.89. The van der Waals surface area contributed by atoms with E-state index in [0.29, 0.717) is 6.04 Å². The summed E-state index contributed by atoms with van der Waals surface area (Å²) in [7, 11) is 1.92. The van der Waals surface area contributed by atoms with Crippen molar-refractivity contribution in [2.75, 3.05) is 19.4 Å². The summed E-state index contributed by atoms with van der Waals surface area (Å²) in [5.74, 6) is 0.962. The molecule has 2 N–H and O–H groups in total. The Hall–Kier alpha value is -0.100. The number of thioether (sulfide) groups is 1. The highest BCUT2D eigenvalue weighted by Gasteiger charge is 2.07. The molecule has 0 aliphatic carbocycles. The van der Waals surface area contributed by atoms with E-state index < -0.39 is 0 Å². The number of nitrogens with zero attached hydrogens (tertiary/aromatic N) is 1. The molecule has 80 valence electrons. The van der Waals surface area contributed by atoms with E-state index in [9.17, 15) is 0 Å². The zero-order chi connectivity index (χ0) is 10.4. The number of aliphatic hydroxyl groups excluding tert-OH is 1. The van der Waals surface area contributed by atoms with Crippen LogP contribution in [0.15, 0.2) is 9.72 Å². The Balaban J connectivity index is 2.31. The van der Waals surface area contributed by atoms with E-state index in [1.54, 1.807) is 23.1 Å². The van der Waals surface area contributed by atoms with Crippen molar-refractivity contribution in [3.05, 3.63) is 11.1 Å². The summed E-state index contributed by atoms with van der Waals surface area (Å²) in [5.41, 5.74) is 1.08. The fraction of sp³-hybridized carbons (Fsp3) is 0.667. The molecule has 0 spiro atoms. The second kappa shape index (κ2) is 6.40. The zero-order valence-corrected chi connectivity index (χ0v) is 10.1. The maximum Gasteiger partial charge on any atom is 0.150 e. The minimum atomic E-state index is 0.239. The molecule has 1 rings (SSSR count). The maximum atomic E-state index is 8.81. The van der Waals surface area contributed by atoms with Crippen LogP contribution in [0.3, 0.4) is 0 Å². The third-order valence-corrected chi connectivity index (χ3v) is 4.19. The maximum absolute atomic E-state index is 8.81. The van der Waals surface area contributed by atoms with Gasteiger partial charge in [0.15, 0.2) is 0 Å². The molecule has 3 nitrogen and oxygen atoms in total. The fourth-order valence-electron chi connectivity index (χ4n) is 1.04. The van der Waals surface area contributed by atoms with Gasteiger partial charge in [0.1, 0.15) is 4.34 Å². The van der Waals surface area contributed by atoms with E-state index >= 15 is 0 Å². The monoisotopic (exact) mass is 232 g/mol. The Kier molecular flexibility index (Phi) is 5.47. The lowest BCUT2D eigenvalue weighted by molar-refractivity contribution is 0.273. The largest absolute Gasteiger partial charge is 0.396 e. The summed E-state index contributed by atoms with van der Waals surface area (Å²) in [6, 6.07) is 0.370. The third kappa shape index (κ3) is 3.96. The van der Waals surface area contributed by atoms with Crippen molar-refractivity contribution in [3.8, 4) is 0 Å². The highest BCUT2D eigenvalue weighted by Crippen LogP contribution is 2.23. The number of thiazole rings is 1. The van der Waals surface area contributed by atoms with Crippen molar-refractivity contribution >= 4 is 23.1 Å². The first-order valence-electron chi connectivity index (χ1n) is 4.59. The van der Waals surface area contributed by atoms with Gasteiger partial charge in [-0.15, -0.1) is 11.3 Å². The summed E-state index contributed by atoms with van der Waals surface area (Å²) < 4.78 is 1.11. The number of nitrogens with one attached hydrogen (secondary N) is 1. The van der Waals surface area contributed by atoms with E-state index in [0.717, 1.165) is 22.2 Å². The first-order chi connectivity index (χ1) is 6.76. The van der Waals surface area contributed by atoms with Crippen LogP contribution in [0.2, 0.25) is 0 Å². The predicted molar refractivity (Wildman–Crippen MR) is 62.1 cm³/mol. The Labute approximate surface area is 92.9 Å². The summed E-state index contributed by atoms with van der Waals surface area (Å²) >= 11 is 3.43. The smallest absolute Gasteiger partial charge is 0.150 e. The quantitative estimate of drug-likeness (QED) is 0.730. The standard InChI is InChI=1S/C9H16N2OS2/c1-7-5-13-9(11-7)14-6-8(10-2)3-4-12/h5,8,10,12H,3-4,6H2,1-2H3. The van der Waals surface area contributed by atoms with Crippen LogP contribution in [0.25, 0.3) is 0 Å². The number of aromatic nitrogens is 1. The Morgan fingerprint density at radius 3 is 3.00 bits per heavy atom. The van der Waals surface area contributed by atoms with Gasteiger partial charge in [-0.1, -0.05) is 11.8 Å². The molecular weight excluding hydrogens is 216 g/mol. The molecule has 0 radical (unpaired) electrons. The van der Waals surface area contributed by atoms with Gasteiger partial charge in [-0.25, -0.2) is 4.98 Å². The SMILES string of the molecule is CNC(CCO)CSc1nc(C)cs1. The predicted octanol–water partition coefficient (Wildman–Crippen LogP) is 1.51. The second-order valence-electron chi connectivity index (χ2n) is 3.06. The van der Waals surface area contributed by atoms with Crippen LogP contribution in [0.1, 0.15) is 12.1 Å². The lowest BCUT2D eigenvalue weighted by Crippen LogP contribution is -2.28. The number of aryl methyl sites for hydroxylation is 1. The van der Waals surface area contributed by atoms with Crippen LogP contribution in [0.5, 0.6) is 0 Å². The van der Waals surface area contributed by atoms with Crippen LogP contribution >= 0.6 is 23.1 Å². The van der Waals surface area contributed by atoms with Crippen molar-refractivity contribution in [3.63, 3.8) is 0 Å². The highest BCUT2D eigenvalue weighted by molar-refractivity contribution is 8.01. The molecule has 0 amide bonds. The second-order valence-corrected chi connectivity index (χ2v) is 5.19. The molecule has 0 bridgehead atoms. The molecule has 1 atom stereocenters. The Bertz CT molecular complexity index is 265. The van der Waals surface area contributed by atoms with Crippen molar-refractivity contribution in [1.82, 2.24) is 10.3 Å². The number of rotatable bonds is 6. The van der Waals surface area contributed by atoms with Crippen molar-refractivity contribution in [1.29, 1.82) is 0 Å². The van der Waals surface area contributed by atoms with Crippen LogP contribution in [0, 0.1) is 6.92 Å².